The molecule has 140 valence electrons. The monoisotopic (exact) mass is 366 g/mol. The fourth-order valence-electron chi connectivity index (χ4n) is 4.12. The van der Waals surface area contributed by atoms with Crippen molar-refractivity contribution >= 4 is 10.0 Å². The number of ether oxygens (including phenoxy) is 1. The van der Waals surface area contributed by atoms with Gasteiger partial charge >= 0.3 is 0 Å². The minimum atomic E-state index is -3.22. The van der Waals surface area contributed by atoms with Crippen LogP contribution < -0.4 is 5.32 Å². The third-order valence-corrected chi connectivity index (χ3v) is 7.44. The van der Waals surface area contributed by atoms with Gasteiger partial charge in [-0.3, -0.25) is 0 Å². The van der Waals surface area contributed by atoms with Crippen LogP contribution in [0.2, 0.25) is 0 Å². The minimum absolute atomic E-state index is 0.180. The first kappa shape index (κ1) is 18.8. The van der Waals surface area contributed by atoms with E-state index in [-0.39, 0.29) is 11.3 Å². The summed E-state index contributed by atoms with van der Waals surface area (Å²) in [5.41, 5.74) is 0.939. The van der Waals surface area contributed by atoms with Gasteiger partial charge in [-0.05, 0) is 24.8 Å². The smallest absolute Gasteiger partial charge is 0.214 e. The van der Waals surface area contributed by atoms with Gasteiger partial charge in [-0.15, -0.1) is 0 Å². The Morgan fingerprint density at radius 3 is 2.64 bits per heavy atom. The van der Waals surface area contributed by atoms with Gasteiger partial charge in [0.2, 0.25) is 10.0 Å². The van der Waals surface area contributed by atoms with Crippen LogP contribution in [0.25, 0.3) is 0 Å². The Hall–Kier alpha value is -0.950. The number of nitrogens with zero attached hydrogens (tertiary/aromatic N) is 1. The Bertz CT molecular complexity index is 619. The molecule has 0 aromatic heterocycles. The summed E-state index contributed by atoms with van der Waals surface area (Å²) in [6.07, 6.45) is 6.02. The summed E-state index contributed by atoms with van der Waals surface area (Å²) in [5, 5.41) is 3.41. The fourth-order valence-corrected chi connectivity index (χ4v) is 6.02. The second kappa shape index (κ2) is 8.62. The molecule has 1 aliphatic heterocycles. The van der Waals surface area contributed by atoms with Gasteiger partial charge in [0.15, 0.2) is 0 Å². The van der Waals surface area contributed by atoms with Crippen LogP contribution in [-0.2, 0) is 21.4 Å². The Labute approximate surface area is 151 Å². The molecule has 0 bridgehead atoms. The van der Waals surface area contributed by atoms with Crippen LogP contribution in [0, 0.1) is 0 Å². The molecule has 1 aromatic rings. The fraction of sp³-hybridized carbons (Fsp3) is 0.684. The second-order valence-electron chi connectivity index (χ2n) is 7.24. The lowest BCUT2D eigenvalue weighted by atomic mass is 9.80. The van der Waals surface area contributed by atoms with E-state index >= 15 is 0 Å². The highest BCUT2D eigenvalue weighted by Crippen LogP contribution is 2.36. The summed E-state index contributed by atoms with van der Waals surface area (Å²) < 4.78 is 33.3. The van der Waals surface area contributed by atoms with Crippen LogP contribution in [0.4, 0.5) is 0 Å². The van der Waals surface area contributed by atoms with Gasteiger partial charge in [-0.2, -0.15) is 4.31 Å². The van der Waals surface area contributed by atoms with Gasteiger partial charge in [0.05, 0.1) is 12.4 Å². The summed E-state index contributed by atoms with van der Waals surface area (Å²) in [7, 11) is -3.22. The largest absolute Gasteiger partial charge is 0.377 e. The zero-order valence-electron chi connectivity index (χ0n) is 15.0. The Kier molecular flexibility index (Phi) is 6.49. The van der Waals surface area contributed by atoms with E-state index in [1.165, 1.54) is 6.42 Å². The molecule has 5 nitrogen and oxygen atoms in total. The van der Waals surface area contributed by atoms with Crippen LogP contribution in [0.1, 0.15) is 44.1 Å². The summed E-state index contributed by atoms with van der Waals surface area (Å²) in [6, 6.07) is 9.98. The molecular formula is C19H30N2O3S. The van der Waals surface area contributed by atoms with E-state index in [0.29, 0.717) is 26.2 Å². The Morgan fingerprint density at radius 2 is 1.88 bits per heavy atom. The average molecular weight is 367 g/mol. The summed E-state index contributed by atoms with van der Waals surface area (Å²) in [6.45, 7) is 3.18. The molecule has 25 heavy (non-hydrogen) atoms. The van der Waals surface area contributed by atoms with E-state index < -0.39 is 10.0 Å². The average Bonchev–Trinajstić information content (AvgIpc) is 2.63. The number of hydrogen-bond acceptors (Lipinski definition) is 4. The summed E-state index contributed by atoms with van der Waals surface area (Å²) in [4.78, 5) is 0. The van der Waals surface area contributed by atoms with Gasteiger partial charge in [0, 0.05) is 31.8 Å². The standard InChI is InChI=1S/C19H30N2O3S/c22-25(23,15-7-14-24-16-18-8-3-1-4-9-18)21-13-12-20-17-19(21)10-5-2-6-11-19/h1,3-4,8-9,20H,2,5-7,10-17H2. The number of sulfonamides is 1. The quantitative estimate of drug-likeness (QED) is 0.754. The van der Waals surface area contributed by atoms with Gasteiger partial charge in [-0.25, -0.2) is 8.42 Å². The number of nitrogens with one attached hydrogen (secondary N) is 1. The molecule has 1 saturated heterocycles. The van der Waals surface area contributed by atoms with Gasteiger partial charge in [0.25, 0.3) is 0 Å². The van der Waals surface area contributed by atoms with E-state index in [4.69, 9.17) is 4.74 Å². The van der Waals surface area contributed by atoms with Crippen molar-refractivity contribution in [1.29, 1.82) is 0 Å². The molecule has 2 fully saturated rings. The maximum absolute atomic E-state index is 12.9. The van der Waals surface area contributed by atoms with Crippen LogP contribution >= 0.6 is 0 Å². The lowest BCUT2D eigenvalue weighted by Crippen LogP contribution is -2.63. The molecule has 6 heteroatoms. The van der Waals surface area contributed by atoms with Crippen molar-refractivity contribution in [2.24, 2.45) is 0 Å². The molecule has 0 atom stereocenters. The molecule has 3 rings (SSSR count). The maximum atomic E-state index is 12.9. The zero-order chi connectivity index (χ0) is 17.6. The minimum Gasteiger partial charge on any atom is -0.377 e. The lowest BCUT2D eigenvalue weighted by Gasteiger charge is -2.48. The van der Waals surface area contributed by atoms with Crippen molar-refractivity contribution in [2.75, 3.05) is 32.0 Å². The van der Waals surface area contributed by atoms with Crippen molar-refractivity contribution in [3.8, 4) is 0 Å². The van der Waals surface area contributed by atoms with Crippen LogP contribution in [0.3, 0.4) is 0 Å². The number of benzene rings is 1. The predicted octanol–water partition coefficient (Wildman–Crippen LogP) is 2.53. The normalized spacial score (nSPS) is 21.4. The second-order valence-corrected chi connectivity index (χ2v) is 9.25. The topological polar surface area (TPSA) is 58.6 Å². The highest BCUT2D eigenvalue weighted by molar-refractivity contribution is 7.89. The molecule has 1 saturated carbocycles. The van der Waals surface area contributed by atoms with Crippen LogP contribution in [0.5, 0.6) is 0 Å². The summed E-state index contributed by atoms with van der Waals surface area (Å²) in [5.74, 6) is 0.184. The van der Waals surface area contributed by atoms with E-state index in [1.807, 2.05) is 34.6 Å². The molecular weight excluding hydrogens is 336 g/mol. The van der Waals surface area contributed by atoms with Gasteiger partial charge in [0.1, 0.15) is 0 Å². The number of hydrogen-bond donors (Lipinski definition) is 1. The van der Waals surface area contributed by atoms with Crippen LogP contribution in [-0.4, -0.2) is 50.3 Å². The lowest BCUT2D eigenvalue weighted by molar-refractivity contribution is 0.0992. The Balaban J connectivity index is 1.50. The van der Waals surface area contributed by atoms with Crippen molar-refractivity contribution < 1.29 is 13.2 Å². The maximum Gasteiger partial charge on any atom is 0.214 e. The first-order valence-electron chi connectivity index (χ1n) is 9.45. The highest BCUT2D eigenvalue weighted by atomic mass is 32.2. The molecule has 1 aliphatic carbocycles. The Morgan fingerprint density at radius 1 is 1.12 bits per heavy atom. The van der Waals surface area contributed by atoms with E-state index in [1.54, 1.807) is 0 Å². The first-order chi connectivity index (χ1) is 12.1. The molecule has 0 amide bonds. The van der Waals surface area contributed by atoms with Gasteiger partial charge in [-0.1, -0.05) is 49.6 Å². The molecule has 1 heterocycles. The zero-order valence-corrected chi connectivity index (χ0v) is 15.8. The SMILES string of the molecule is O=S(=O)(CCCOCc1ccccc1)N1CCNCC12CCCCC2. The molecule has 1 N–H and O–H groups in total. The molecule has 0 radical (unpaired) electrons. The third-order valence-electron chi connectivity index (χ3n) is 5.40. The molecule has 0 unspecified atom stereocenters. The van der Waals surface area contributed by atoms with Gasteiger partial charge < -0.3 is 10.1 Å². The van der Waals surface area contributed by atoms with E-state index in [0.717, 1.165) is 44.3 Å². The van der Waals surface area contributed by atoms with Crippen molar-refractivity contribution in [1.82, 2.24) is 9.62 Å². The number of piperazine rings is 1. The third kappa shape index (κ3) is 4.82. The predicted molar refractivity (Wildman–Crippen MR) is 99.9 cm³/mol. The van der Waals surface area contributed by atoms with E-state index in [2.05, 4.69) is 5.32 Å². The number of rotatable bonds is 7. The van der Waals surface area contributed by atoms with Crippen LogP contribution in [0.15, 0.2) is 30.3 Å². The molecule has 1 spiro atoms. The van der Waals surface area contributed by atoms with Crippen molar-refractivity contribution in [3.05, 3.63) is 35.9 Å². The molecule has 2 aliphatic rings. The first-order valence-corrected chi connectivity index (χ1v) is 11.1. The molecule has 1 aromatic carbocycles. The highest BCUT2D eigenvalue weighted by Gasteiger charge is 2.45. The van der Waals surface area contributed by atoms with Crippen molar-refractivity contribution in [3.63, 3.8) is 0 Å². The van der Waals surface area contributed by atoms with E-state index in [9.17, 15) is 8.42 Å². The van der Waals surface area contributed by atoms with Crippen molar-refractivity contribution in [2.45, 2.75) is 50.7 Å². The summed E-state index contributed by atoms with van der Waals surface area (Å²) >= 11 is 0.